The number of rotatable bonds is 6. The van der Waals surface area contributed by atoms with Crippen LogP contribution in [0.1, 0.15) is 40.2 Å². The Hall–Kier alpha value is -1.20. The Balaban J connectivity index is 2.84. The van der Waals surface area contributed by atoms with Gasteiger partial charge in [0.05, 0.1) is 12.1 Å². The van der Waals surface area contributed by atoms with Gasteiger partial charge in [0.1, 0.15) is 0 Å². The number of pyridine rings is 1. The molecule has 0 saturated heterocycles. The zero-order valence-corrected chi connectivity index (χ0v) is 13.3. The lowest BCUT2D eigenvalue weighted by Crippen LogP contribution is -2.37. The van der Waals surface area contributed by atoms with Gasteiger partial charge >= 0.3 is 0 Å². The summed E-state index contributed by atoms with van der Waals surface area (Å²) in [5.41, 5.74) is 0.169. The maximum absolute atomic E-state index is 14.4. The van der Waals surface area contributed by atoms with E-state index in [9.17, 15) is 4.39 Å². The summed E-state index contributed by atoms with van der Waals surface area (Å²) in [4.78, 5) is 4.08. The van der Waals surface area contributed by atoms with Crippen molar-refractivity contribution in [3.8, 4) is 0 Å². The number of anilines is 1. The molecular formula is C15H26FN3O. The molecule has 0 aliphatic carbocycles. The molecule has 20 heavy (non-hydrogen) atoms. The highest BCUT2D eigenvalue weighted by atomic mass is 19.1. The number of aromatic nitrogens is 1. The second-order valence-corrected chi connectivity index (χ2v) is 6.68. The van der Waals surface area contributed by atoms with E-state index in [0.29, 0.717) is 18.7 Å². The molecule has 0 amide bonds. The number of nitrogens with zero attached hydrogens (tertiary/aromatic N) is 1. The first kappa shape index (κ1) is 16.9. The smallest absolute Gasteiger partial charge is 0.169 e. The molecule has 114 valence electrons. The molecule has 5 heteroatoms. The van der Waals surface area contributed by atoms with E-state index in [1.807, 2.05) is 34.6 Å². The average molecular weight is 283 g/mol. The molecule has 0 radical (unpaired) electrons. The zero-order chi connectivity index (χ0) is 15.4. The molecule has 1 aromatic heterocycles. The largest absolute Gasteiger partial charge is 0.382 e. The van der Waals surface area contributed by atoms with E-state index in [2.05, 4.69) is 15.6 Å². The Labute approximate surface area is 121 Å². The molecule has 4 nitrogen and oxygen atoms in total. The number of hydrogen-bond acceptors (Lipinski definition) is 4. The number of nitrogens with one attached hydrogen (secondary N) is 2. The Bertz CT molecular complexity index is 441. The van der Waals surface area contributed by atoms with E-state index in [1.54, 1.807) is 19.4 Å². The van der Waals surface area contributed by atoms with E-state index in [0.717, 1.165) is 0 Å². The Morgan fingerprint density at radius 2 is 1.90 bits per heavy atom. The number of methoxy groups -OCH3 is 1. The van der Waals surface area contributed by atoms with Crippen LogP contribution in [0.15, 0.2) is 12.3 Å². The normalized spacial score (nSPS) is 12.6. The summed E-state index contributed by atoms with van der Waals surface area (Å²) in [5, 5.41) is 6.36. The summed E-state index contributed by atoms with van der Waals surface area (Å²) >= 11 is 0. The van der Waals surface area contributed by atoms with Gasteiger partial charge in [-0.3, -0.25) is 0 Å². The molecule has 0 saturated carbocycles. The molecule has 0 atom stereocenters. The number of halogens is 1. The first-order chi connectivity index (χ1) is 9.14. The quantitative estimate of drug-likeness (QED) is 0.842. The van der Waals surface area contributed by atoms with Crippen molar-refractivity contribution in [2.75, 3.05) is 19.0 Å². The molecular weight excluding hydrogens is 257 g/mol. The van der Waals surface area contributed by atoms with Gasteiger partial charge in [-0.1, -0.05) is 0 Å². The van der Waals surface area contributed by atoms with Crippen LogP contribution in [-0.2, 0) is 11.3 Å². The molecule has 1 heterocycles. The first-order valence-corrected chi connectivity index (χ1v) is 6.80. The summed E-state index contributed by atoms with van der Waals surface area (Å²) in [6.07, 6.45) is 1.62. The van der Waals surface area contributed by atoms with Gasteiger partial charge in [-0.05, 0) is 40.7 Å². The Kier molecular flexibility index (Phi) is 5.48. The van der Waals surface area contributed by atoms with Crippen molar-refractivity contribution in [1.29, 1.82) is 0 Å². The summed E-state index contributed by atoms with van der Waals surface area (Å²) in [7, 11) is 1.62. The molecule has 1 aromatic rings. The van der Waals surface area contributed by atoms with Crippen molar-refractivity contribution in [2.24, 2.45) is 0 Å². The van der Waals surface area contributed by atoms with Crippen LogP contribution < -0.4 is 10.6 Å². The fraction of sp³-hybridized carbons (Fsp3) is 0.667. The molecule has 2 N–H and O–H groups in total. The van der Waals surface area contributed by atoms with Gasteiger partial charge < -0.3 is 15.4 Å². The van der Waals surface area contributed by atoms with Crippen LogP contribution >= 0.6 is 0 Å². The minimum absolute atomic E-state index is 0.0569. The zero-order valence-electron chi connectivity index (χ0n) is 13.3. The summed E-state index contributed by atoms with van der Waals surface area (Å²) in [5.74, 6) is -0.0475. The maximum Gasteiger partial charge on any atom is 0.169 e. The highest BCUT2D eigenvalue weighted by molar-refractivity contribution is 5.42. The van der Waals surface area contributed by atoms with E-state index in [4.69, 9.17) is 4.74 Å². The van der Waals surface area contributed by atoms with Gasteiger partial charge in [0.25, 0.3) is 0 Å². The van der Waals surface area contributed by atoms with Crippen molar-refractivity contribution in [3.63, 3.8) is 0 Å². The molecule has 0 aliphatic rings. The lowest BCUT2D eigenvalue weighted by Gasteiger charge is -2.26. The van der Waals surface area contributed by atoms with Crippen LogP contribution in [0.25, 0.3) is 0 Å². The SMILES string of the molecule is COCC(C)(C)Nc1nccc(CNC(C)(C)C)c1F. The number of ether oxygens (including phenoxy) is 1. The second kappa shape index (κ2) is 6.50. The molecule has 0 unspecified atom stereocenters. The lowest BCUT2D eigenvalue weighted by atomic mass is 10.1. The fourth-order valence-corrected chi connectivity index (χ4v) is 1.79. The summed E-state index contributed by atoms with van der Waals surface area (Å²) in [6, 6.07) is 1.70. The highest BCUT2D eigenvalue weighted by Gasteiger charge is 2.21. The van der Waals surface area contributed by atoms with Crippen LogP contribution in [0.4, 0.5) is 10.2 Å². The monoisotopic (exact) mass is 283 g/mol. The minimum atomic E-state index is -0.376. The second-order valence-electron chi connectivity index (χ2n) is 6.68. The van der Waals surface area contributed by atoms with Crippen molar-refractivity contribution in [3.05, 3.63) is 23.6 Å². The van der Waals surface area contributed by atoms with Crippen LogP contribution in [0.2, 0.25) is 0 Å². The van der Waals surface area contributed by atoms with E-state index >= 15 is 0 Å². The van der Waals surface area contributed by atoms with Gasteiger partial charge in [0, 0.05) is 31.0 Å². The van der Waals surface area contributed by atoms with Crippen LogP contribution in [0.5, 0.6) is 0 Å². The van der Waals surface area contributed by atoms with Crippen molar-refractivity contribution < 1.29 is 9.13 Å². The van der Waals surface area contributed by atoms with Crippen molar-refractivity contribution in [1.82, 2.24) is 10.3 Å². The lowest BCUT2D eigenvalue weighted by molar-refractivity contribution is 0.157. The van der Waals surface area contributed by atoms with Crippen molar-refractivity contribution >= 4 is 5.82 Å². The molecule has 1 rings (SSSR count). The van der Waals surface area contributed by atoms with Crippen LogP contribution in [0.3, 0.4) is 0 Å². The van der Waals surface area contributed by atoms with Crippen LogP contribution in [0, 0.1) is 5.82 Å². The molecule has 0 fully saturated rings. The minimum Gasteiger partial charge on any atom is -0.382 e. The molecule has 0 aromatic carbocycles. The van der Waals surface area contributed by atoms with Crippen LogP contribution in [-0.4, -0.2) is 29.8 Å². The predicted octanol–water partition coefficient (Wildman–Crippen LogP) is 2.95. The number of hydrogen-bond donors (Lipinski definition) is 2. The van der Waals surface area contributed by atoms with E-state index in [1.165, 1.54) is 0 Å². The van der Waals surface area contributed by atoms with Gasteiger partial charge in [-0.2, -0.15) is 0 Å². The fourth-order valence-electron chi connectivity index (χ4n) is 1.79. The maximum atomic E-state index is 14.4. The third kappa shape index (κ3) is 5.43. The van der Waals surface area contributed by atoms with E-state index < -0.39 is 0 Å². The predicted molar refractivity (Wildman–Crippen MR) is 80.4 cm³/mol. The average Bonchev–Trinajstić information content (AvgIpc) is 2.28. The van der Waals surface area contributed by atoms with Gasteiger partial charge in [-0.25, -0.2) is 9.37 Å². The van der Waals surface area contributed by atoms with Gasteiger partial charge in [-0.15, -0.1) is 0 Å². The van der Waals surface area contributed by atoms with Crippen molar-refractivity contribution in [2.45, 2.75) is 52.2 Å². The van der Waals surface area contributed by atoms with Gasteiger partial charge in [0.15, 0.2) is 11.6 Å². The highest BCUT2D eigenvalue weighted by Crippen LogP contribution is 2.20. The Morgan fingerprint density at radius 1 is 1.25 bits per heavy atom. The molecule has 0 spiro atoms. The summed E-state index contributed by atoms with van der Waals surface area (Å²) in [6.45, 7) is 11.0. The standard InChI is InChI=1S/C15H26FN3O/c1-14(2,3)18-9-11-7-8-17-13(12(11)16)19-15(4,5)10-20-6/h7-8,18H,9-10H2,1-6H3,(H,17,19). The third-order valence-corrected chi connectivity index (χ3v) is 2.74. The van der Waals surface area contributed by atoms with E-state index in [-0.39, 0.29) is 22.7 Å². The first-order valence-electron chi connectivity index (χ1n) is 6.80. The third-order valence-electron chi connectivity index (χ3n) is 2.74. The molecule has 0 bridgehead atoms. The molecule has 0 aliphatic heterocycles. The Morgan fingerprint density at radius 3 is 2.45 bits per heavy atom. The van der Waals surface area contributed by atoms with Gasteiger partial charge in [0.2, 0.25) is 0 Å². The topological polar surface area (TPSA) is 46.2 Å². The summed E-state index contributed by atoms with van der Waals surface area (Å²) < 4.78 is 19.5.